The number of para-hydroxylation sites is 1. The molecule has 0 saturated carbocycles. The van der Waals surface area contributed by atoms with Gasteiger partial charge in [0.2, 0.25) is 0 Å². The monoisotopic (exact) mass is 295 g/mol. The molecule has 0 bridgehead atoms. The lowest BCUT2D eigenvalue weighted by molar-refractivity contribution is -0.137. The summed E-state index contributed by atoms with van der Waals surface area (Å²) in [5.74, 6) is 0.272. The predicted molar refractivity (Wildman–Crippen MR) is 75.3 cm³/mol. The molecule has 2 N–H and O–H groups in total. The fourth-order valence-electron chi connectivity index (χ4n) is 2.33. The molecule has 2 aromatic carbocycles. The van der Waals surface area contributed by atoms with Crippen LogP contribution >= 0.6 is 0 Å². The lowest BCUT2D eigenvalue weighted by Crippen LogP contribution is -2.16. The Kier molecular flexibility index (Phi) is 4.53. The molecular weight excluding hydrogens is 279 g/mol. The van der Waals surface area contributed by atoms with Gasteiger partial charge in [-0.1, -0.05) is 36.4 Å². The first-order valence-electron chi connectivity index (χ1n) is 6.47. The summed E-state index contributed by atoms with van der Waals surface area (Å²) in [7, 11) is 1.53. The van der Waals surface area contributed by atoms with Crippen LogP contribution in [0, 0.1) is 0 Å². The molecule has 0 aromatic heterocycles. The van der Waals surface area contributed by atoms with E-state index in [1.54, 1.807) is 12.1 Å². The summed E-state index contributed by atoms with van der Waals surface area (Å²) < 4.78 is 43.8. The summed E-state index contributed by atoms with van der Waals surface area (Å²) in [5.41, 5.74) is 6.41. The number of benzene rings is 2. The second-order valence-corrected chi connectivity index (χ2v) is 4.65. The molecule has 0 aliphatic carbocycles. The Balaban J connectivity index is 2.47. The van der Waals surface area contributed by atoms with Crippen LogP contribution in [0.2, 0.25) is 0 Å². The maximum Gasteiger partial charge on any atom is 0.416 e. The zero-order valence-corrected chi connectivity index (χ0v) is 11.5. The van der Waals surface area contributed by atoms with Crippen LogP contribution in [-0.2, 0) is 6.18 Å². The van der Waals surface area contributed by atoms with Gasteiger partial charge in [-0.2, -0.15) is 13.2 Å². The Morgan fingerprint density at radius 3 is 2.43 bits per heavy atom. The number of hydrogen-bond acceptors (Lipinski definition) is 2. The van der Waals surface area contributed by atoms with E-state index < -0.39 is 11.7 Å². The van der Waals surface area contributed by atoms with E-state index in [1.165, 1.54) is 13.2 Å². The summed E-state index contributed by atoms with van der Waals surface area (Å²) in [4.78, 5) is 0. The lowest BCUT2D eigenvalue weighted by Gasteiger charge is -2.20. The maximum atomic E-state index is 12.8. The van der Waals surface area contributed by atoms with Crippen molar-refractivity contribution >= 4 is 0 Å². The second-order valence-electron chi connectivity index (χ2n) is 4.65. The third-order valence-corrected chi connectivity index (χ3v) is 3.37. The van der Waals surface area contributed by atoms with Gasteiger partial charge in [-0.05, 0) is 17.7 Å². The van der Waals surface area contributed by atoms with Gasteiger partial charge in [0.05, 0.1) is 12.7 Å². The predicted octanol–water partition coefficient (Wildman–Crippen LogP) is 3.80. The van der Waals surface area contributed by atoms with Gasteiger partial charge >= 0.3 is 6.18 Å². The molecule has 0 aliphatic rings. The van der Waals surface area contributed by atoms with E-state index in [9.17, 15) is 13.2 Å². The summed E-state index contributed by atoms with van der Waals surface area (Å²) >= 11 is 0. The van der Waals surface area contributed by atoms with Crippen LogP contribution in [-0.4, -0.2) is 13.7 Å². The molecule has 2 nitrogen and oxygen atoms in total. The minimum absolute atomic E-state index is 0.196. The highest BCUT2D eigenvalue weighted by atomic mass is 19.4. The maximum absolute atomic E-state index is 12.8. The van der Waals surface area contributed by atoms with E-state index in [2.05, 4.69) is 0 Å². The average Bonchev–Trinajstić information content (AvgIpc) is 2.48. The third kappa shape index (κ3) is 3.36. The molecule has 2 rings (SSSR count). The molecule has 1 unspecified atom stereocenters. The summed E-state index contributed by atoms with van der Waals surface area (Å²) in [6, 6.07) is 12.5. The molecule has 2 aromatic rings. The van der Waals surface area contributed by atoms with Crippen molar-refractivity contribution in [2.75, 3.05) is 13.7 Å². The molecule has 0 aliphatic heterocycles. The Hall–Kier alpha value is -2.01. The molecule has 0 fully saturated rings. The van der Waals surface area contributed by atoms with Gasteiger partial charge in [0.25, 0.3) is 0 Å². The van der Waals surface area contributed by atoms with Gasteiger partial charge in [0.15, 0.2) is 0 Å². The molecule has 5 heteroatoms. The van der Waals surface area contributed by atoms with Gasteiger partial charge in [0.1, 0.15) is 5.75 Å². The summed E-state index contributed by atoms with van der Waals surface area (Å²) in [6.07, 6.45) is -4.37. The molecule has 21 heavy (non-hydrogen) atoms. The van der Waals surface area contributed by atoms with Crippen LogP contribution in [0.25, 0.3) is 0 Å². The Morgan fingerprint density at radius 2 is 1.81 bits per heavy atom. The minimum Gasteiger partial charge on any atom is -0.496 e. The Labute approximate surface area is 121 Å². The molecule has 0 radical (unpaired) electrons. The van der Waals surface area contributed by atoms with Gasteiger partial charge in [-0.25, -0.2) is 0 Å². The van der Waals surface area contributed by atoms with Crippen LogP contribution in [0.15, 0.2) is 48.5 Å². The van der Waals surface area contributed by atoms with E-state index >= 15 is 0 Å². The first-order chi connectivity index (χ1) is 9.97. The third-order valence-electron chi connectivity index (χ3n) is 3.37. The fraction of sp³-hybridized carbons (Fsp3) is 0.250. The first-order valence-corrected chi connectivity index (χ1v) is 6.47. The first kappa shape index (κ1) is 15.4. The SMILES string of the molecule is COc1ccccc1C(CN)c1cccc(C(F)(F)F)c1. The van der Waals surface area contributed by atoms with Crippen LogP contribution in [0.1, 0.15) is 22.6 Å². The molecule has 112 valence electrons. The standard InChI is InChI=1S/C16H16F3NO/c1-21-15-8-3-2-7-13(15)14(10-20)11-5-4-6-12(9-11)16(17,18)19/h2-9,14H,10,20H2,1H3. The van der Waals surface area contributed by atoms with Crippen LogP contribution < -0.4 is 10.5 Å². The van der Waals surface area contributed by atoms with Crippen molar-refractivity contribution in [1.82, 2.24) is 0 Å². The largest absolute Gasteiger partial charge is 0.496 e. The lowest BCUT2D eigenvalue weighted by atomic mass is 9.89. The zero-order valence-electron chi connectivity index (χ0n) is 11.5. The van der Waals surface area contributed by atoms with Crippen molar-refractivity contribution in [2.45, 2.75) is 12.1 Å². The molecule has 0 spiro atoms. The number of nitrogens with two attached hydrogens (primary N) is 1. The van der Waals surface area contributed by atoms with Crippen molar-refractivity contribution in [2.24, 2.45) is 5.73 Å². The van der Waals surface area contributed by atoms with Crippen molar-refractivity contribution in [3.8, 4) is 5.75 Å². The van der Waals surface area contributed by atoms with E-state index in [-0.39, 0.29) is 12.5 Å². The number of halogens is 3. The summed E-state index contributed by atoms with van der Waals surface area (Å²) in [5, 5.41) is 0. The van der Waals surface area contributed by atoms with Gasteiger partial charge in [-0.15, -0.1) is 0 Å². The molecule has 0 amide bonds. The van der Waals surface area contributed by atoms with Crippen LogP contribution in [0.5, 0.6) is 5.75 Å². The highest BCUT2D eigenvalue weighted by Crippen LogP contribution is 2.35. The number of ether oxygens (including phenoxy) is 1. The number of alkyl halides is 3. The van der Waals surface area contributed by atoms with E-state index in [0.717, 1.165) is 17.7 Å². The molecule has 1 atom stereocenters. The fourth-order valence-corrected chi connectivity index (χ4v) is 2.33. The topological polar surface area (TPSA) is 35.2 Å². The van der Waals surface area contributed by atoms with E-state index in [0.29, 0.717) is 11.3 Å². The smallest absolute Gasteiger partial charge is 0.416 e. The van der Waals surface area contributed by atoms with Gasteiger partial charge < -0.3 is 10.5 Å². The zero-order chi connectivity index (χ0) is 15.5. The van der Waals surface area contributed by atoms with Crippen molar-refractivity contribution in [3.05, 3.63) is 65.2 Å². The highest BCUT2D eigenvalue weighted by molar-refractivity contribution is 5.43. The van der Waals surface area contributed by atoms with E-state index in [4.69, 9.17) is 10.5 Å². The molecule has 0 heterocycles. The Morgan fingerprint density at radius 1 is 1.10 bits per heavy atom. The number of rotatable bonds is 4. The second kappa shape index (κ2) is 6.18. The van der Waals surface area contributed by atoms with Crippen molar-refractivity contribution < 1.29 is 17.9 Å². The van der Waals surface area contributed by atoms with Crippen molar-refractivity contribution in [1.29, 1.82) is 0 Å². The normalized spacial score (nSPS) is 13.0. The number of hydrogen-bond donors (Lipinski definition) is 1. The number of methoxy groups -OCH3 is 1. The van der Waals surface area contributed by atoms with Crippen LogP contribution in [0.4, 0.5) is 13.2 Å². The minimum atomic E-state index is -4.37. The van der Waals surface area contributed by atoms with E-state index in [1.807, 2.05) is 18.2 Å². The van der Waals surface area contributed by atoms with Crippen LogP contribution in [0.3, 0.4) is 0 Å². The van der Waals surface area contributed by atoms with Gasteiger partial charge in [0, 0.05) is 18.0 Å². The van der Waals surface area contributed by atoms with Gasteiger partial charge in [-0.3, -0.25) is 0 Å². The highest BCUT2D eigenvalue weighted by Gasteiger charge is 2.31. The summed E-state index contributed by atoms with van der Waals surface area (Å²) in [6.45, 7) is 0.196. The van der Waals surface area contributed by atoms with Crippen molar-refractivity contribution in [3.63, 3.8) is 0 Å². The quantitative estimate of drug-likeness (QED) is 0.931. The molecular formula is C16H16F3NO. The molecule has 0 saturated heterocycles. The Bertz CT molecular complexity index is 610. The average molecular weight is 295 g/mol.